The van der Waals surface area contributed by atoms with Crippen LogP contribution in [0.4, 0.5) is 13.2 Å². The van der Waals surface area contributed by atoms with Crippen molar-refractivity contribution in [2.24, 2.45) is 0 Å². The Bertz CT molecular complexity index is 408. The highest BCUT2D eigenvalue weighted by Gasteiger charge is 2.32. The van der Waals surface area contributed by atoms with Gasteiger partial charge in [0.15, 0.2) is 0 Å². The van der Waals surface area contributed by atoms with Gasteiger partial charge in [0.2, 0.25) is 0 Å². The summed E-state index contributed by atoms with van der Waals surface area (Å²) < 4.78 is 40.8. The van der Waals surface area contributed by atoms with Crippen molar-refractivity contribution in [3.63, 3.8) is 0 Å². The van der Waals surface area contributed by atoms with Gasteiger partial charge in [0.25, 0.3) is 6.43 Å². The molecule has 0 amide bonds. The van der Waals surface area contributed by atoms with Crippen LogP contribution >= 0.6 is 15.9 Å². The summed E-state index contributed by atoms with van der Waals surface area (Å²) in [6.07, 6.45) is -2.60. The van der Waals surface area contributed by atoms with Gasteiger partial charge in [0, 0.05) is 36.2 Å². The van der Waals surface area contributed by atoms with Crippen LogP contribution in [0, 0.1) is 5.82 Å². The molecule has 0 unspecified atom stereocenters. The van der Waals surface area contributed by atoms with Crippen LogP contribution in [0.2, 0.25) is 0 Å². The molecule has 1 aromatic carbocycles. The fraction of sp³-hybridized carbons (Fsp3) is 0.500. The van der Waals surface area contributed by atoms with Crippen LogP contribution in [-0.2, 0) is 0 Å². The van der Waals surface area contributed by atoms with Crippen LogP contribution in [0.3, 0.4) is 0 Å². The van der Waals surface area contributed by atoms with Gasteiger partial charge in [-0.25, -0.2) is 13.2 Å². The number of hydrogen-bond donors (Lipinski definition) is 1. The summed E-state index contributed by atoms with van der Waals surface area (Å²) in [5.74, 6) is -0.581. The Balaban J connectivity index is 2.31. The lowest BCUT2D eigenvalue weighted by Gasteiger charge is -2.34. The van der Waals surface area contributed by atoms with Crippen LogP contribution < -0.4 is 5.32 Å². The molecule has 18 heavy (non-hydrogen) atoms. The van der Waals surface area contributed by atoms with Gasteiger partial charge in [-0.3, -0.25) is 4.90 Å². The summed E-state index contributed by atoms with van der Waals surface area (Å²) in [4.78, 5) is 1.63. The van der Waals surface area contributed by atoms with Gasteiger partial charge in [-0.15, -0.1) is 0 Å². The van der Waals surface area contributed by atoms with Crippen LogP contribution in [0.25, 0.3) is 0 Å². The zero-order valence-corrected chi connectivity index (χ0v) is 11.3. The van der Waals surface area contributed by atoms with E-state index in [4.69, 9.17) is 0 Å². The van der Waals surface area contributed by atoms with E-state index < -0.39 is 18.3 Å². The molecule has 1 saturated heterocycles. The molecule has 0 saturated carbocycles. The Labute approximate surface area is 112 Å². The maximum Gasteiger partial charge on any atom is 0.258 e. The van der Waals surface area contributed by atoms with Crippen LogP contribution in [0.15, 0.2) is 22.7 Å². The molecule has 6 heteroatoms. The molecule has 1 aliphatic rings. The highest BCUT2D eigenvalue weighted by atomic mass is 79.9. The second-order valence-corrected chi connectivity index (χ2v) is 5.15. The molecule has 2 rings (SSSR count). The summed E-state index contributed by atoms with van der Waals surface area (Å²) in [5, 5.41) is 3.10. The molecule has 0 aliphatic carbocycles. The summed E-state index contributed by atoms with van der Waals surface area (Å²) in [6.45, 7) is 2.31. The molecule has 1 N–H and O–H groups in total. The fourth-order valence-corrected chi connectivity index (χ4v) is 2.57. The standard InChI is InChI=1S/C12H14BrF3N2/c13-8-1-2-10(14)9(7-8)11(12(15)16)18-5-3-17-4-6-18/h1-2,7,11-12,17H,3-6H2/t11-/m1/s1. The lowest BCUT2D eigenvalue weighted by molar-refractivity contribution is 0.0164. The number of hydrogen-bond acceptors (Lipinski definition) is 2. The molecule has 0 radical (unpaired) electrons. The number of nitrogens with zero attached hydrogens (tertiary/aromatic N) is 1. The van der Waals surface area contributed by atoms with Crippen molar-refractivity contribution in [3.8, 4) is 0 Å². The van der Waals surface area contributed by atoms with Crippen molar-refractivity contribution < 1.29 is 13.2 Å². The largest absolute Gasteiger partial charge is 0.314 e. The number of rotatable bonds is 3. The molecule has 100 valence electrons. The second-order valence-electron chi connectivity index (χ2n) is 4.23. The molecule has 2 nitrogen and oxygen atoms in total. The quantitative estimate of drug-likeness (QED) is 0.920. The minimum absolute atomic E-state index is 0.0567. The van der Waals surface area contributed by atoms with Crippen LogP contribution in [-0.4, -0.2) is 37.5 Å². The summed E-state index contributed by atoms with van der Waals surface area (Å²) >= 11 is 3.20. The van der Waals surface area contributed by atoms with E-state index in [-0.39, 0.29) is 5.56 Å². The SMILES string of the molecule is Fc1ccc(Br)cc1[C@H](C(F)F)N1CCNCC1. The maximum atomic E-state index is 13.7. The number of piperazine rings is 1. The third kappa shape index (κ3) is 3.05. The first-order chi connectivity index (χ1) is 8.59. The van der Waals surface area contributed by atoms with E-state index in [0.29, 0.717) is 30.7 Å². The van der Waals surface area contributed by atoms with Crippen molar-refractivity contribution in [1.82, 2.24) is 10.2 Å². The van der Waals surface area contributed by atoms with Crippen molar-refractivity contribution in [2.75, 3.05) is 26.2 Å². The van der Waals surface area contributed by atoms with E-state index in [2.05, 4.69) is 21.2 Å². The highest BCUT2D eigenvalue weighted by molar-refractivity contribution is 9.10. The second kappa shape index (κ2) is 6.04. The van der Waals surface area contributed by atoms with Crippen molar-refractivity contribution >= 4 is 15.9 Å². The van der Waals surface area contributed by atoms with E-state index >= 15 is 0 Å². The van der Waals surface area contributed by atoms with Crippen LogP contribution in [0.5, 0.6) is 0 Å². The van der Waals surface area contributed by atoms with Gasteiger partial charge in [0.05, 0.1) is 6.04 Å². The molecule has 0 aromatic heterocycles. The molecule has 1 heterocycles. The lowest BCUT2D eigenvalue weighted by Crippen LogP contribution is -2.47. The molecular weight excluding hydrogens is 309 g/mol. The van der Waals surface area contributed by atoms with Crippen molar-refractivity contribution in [1.29, 1.82) is 0 Å². The topological polar surface area (TPSA) is 15.3 Å². The lowest BCUT2D eigenvalue weighted by atomic mass is 10.0. The highest BCUT2D eigenvalue weighted by Crippen LogP contribution is 2.31. The van der Waals surface area contributed by atoms with Crippen molar-refractivity contribution in [3.05, 3.63) is 34.1 Å². The normalized spacial score (nSPS) is 19.2. The van der Waals surface area contributed by atoms with E-state index in [1.165, 1.54) is 18.2 Å². The van der Waals surface area contributed by atoms with Gasteiger partial charge in [0.1, 0.15) is 5.82 Å². The first-order valence-electron chi connectivity index (χ1n) is 5.77. The van der Waals surface area contributed by atoms with Crippen molar-refractivity contribution in [2.45, 2.75) is 12.5 Å². The zero-order valence-electron chi connectivity index (χ0n) is 9.67. The zero-order chi connectivity index (χ0) is 13.1. The van der Waals surface area contributed by atoms with E-state index in [9.17, 15) is 13.2 Å². The first kappa shape index (κ1) is 13.8. The average Bonchev–Trinajstić information content (AvgIpc) is 2.35. The summed E-state index contributed by atoms with van der Waals surface area (Å²) in [6, 6.07) is 2.99. The minimum Gasteiger partial charge on any atom is -0.314 e. The van der Waals surface area contributed by atoms with Gasteiger partial charge in [-0.05, 0) is 18.2 Å². The average molecular weight is 323 g/mol. The fourth-order valence-electron chi connectivity index (χ4n) is 2.19. The number of nitrogens with one attached hydrogen (secondary N) is 1. The minimum atomic E-state index is -2.60. The monoisotopic (exact) mass is 322 g/mol. The smallest absolute Gasteiger partial charge is 0.258 e. The first-order valence-corrected chi connectivity index (χ1v) is 6.57. The molecule has 0 bridgehead atoms. The van der Waals surface area contributed by atoms with Gasteiger partial charge < -0.3 is 5.32 Å². The Hall–Kier alpha value is -0.590. The molecular formula is C12H14BrF3N2. The van der Waals surface area contributed by atoms with Crippen LogP contribution in [0.1, 0.15) is 11.6 Å². The third-order valence-electron chi connectivity index (χ3n) is 3.06. The summed E-state index contributed by atoms with van der Waals surface area (Å²) in [5.41, 5.74) is 0.0567. The van der Waals surface area contributed by atoms with E-state index in [1.807, 2.05) is 0 Å². The maximum absolute atomic E-state index is 13.7. The molecule has 1 atom stereocenters. The molecule has 1 aromatic rings. The Morgan fingerprint density at radius 1 is 1.22 bits per heavy atom. The summed E-state index contributed by atoms with van der Waals surface area (Å²) in [7, 11) is 0. The molecule has 1 aliphatic heterocycles. The van der Waals surface area contributed by atoms with Gasteiger partial charge >= 0.3 is 0 Å². The van der Waals surface area contributed by atoms with E-state index in [0.717, 1.165) is 0 Å². The number of alkyl halides is 2. The van der Waals surface area contributed by atoms with Gasteiger partial charge in [-0.1, -0.05) is 15.9 Å². The predicted octanol–water partition coefficient (Wildman–Crippen LogP) is 2.80. The Morgan fingerprint density at radius 2 is 1.89 bits per heavy atom. The third-order valence-corrected chi connectivity index (χ3v) is 3.55. The molecule has 0 spiro atoms. The Morgan fingerprint density at radius 3 is 2.50 bits per heavy atom. The Kier molecular flexibility index (Phi) is 4.64. The van der Waals surface area contributed by atoms with E-state index in [1.54, 1.807) is 4.90 Å². The van der Waals surface area contributed by atoms with Gasteiger partial charge in [-0.2, -0.15) is 0 Å². The predicted molar refractivity (Wildman–Crippen MR) is 67.3 cm³/mol. The number of benzene rings is 1. The number of halogens is 4. The molecule has 1 fully saturated rings.